The number of halogens is 2. The highest BCUT2D eigenvalue weighted by Crippen LogP contribution is 2.35. The van der Waals surface area contributed by atoms with Crippen molar-refractivity contribution >= 4 is 55.4 Å². The molecule has 0 saturated carbocycles. The van der Waals surface area contributed by atoms with Crippen LogP contribution in [0.4, 0.5) is 0 Å². The molecular weight excluding hydrogens is 460 g/mol. The molecule has 0 aliphatic carbocycles. The molecule has 0 radical (unpaired) electrons. The number of thioether (sulfide) groups is 1. The van der Waals surface area contributed by atoms with Gasteiger partial charge in [-0.2, -0.15) is 0 Å². The number of benzene rings is 1. The van der Waals surface area contributed by atoms with Gasteiger partial charge in [-0.3, -0.25) is 9.59 Å². The maximum absolute atomic E-state index is 12.4. The van der Waals surface area contributed by atoms with Crippen LogP contribution in [0.5, 0.6) is 5.75 Å². The van der Waals surface area contributed by atoms with Gasteiger partial charge in [-0.25, -0.2) is 0 Å². The van der Waals surface area contributed by atoms with Gasteiger partial charge in [0.25, 0.3) is 0 Å². The molecule has 1 aromatic carbocycles. The van der Waals surface area contributed by atoms with Gasteiger partial charge in [0.2, 0.25) is 0 Å². The van der Waals surface area contributed by atoms with Crippen molar-refractivity contribution in [1.29, 1.82) is 0 Å². The van der Waals surface area contributed by atoms with E-state index in [4.69, 9.17) is 4.74 Å². The first kappa shape index (κ1) is 21.5. The van der Waals surface area contributed by atoms with E-state index in [0.717, 1.165) is 31.4 Å². The molecule has 0 fully saturated rings. The van der Waals surface area contributed by atoms with E-state index in [1.54, 1.807) is 19.2 Å². The summed E-state index contributed by atoms with van der Waals surface area (Å²) in [5.41, 5.74) is 0.465. The molecule has 0 aliphatic heterocycles. The number of Topliss-reactive ketones (excluding diaryl/α,β-unsaturated/α-hetero) is 1. The summed E-state index contributed by atoms with van der Waals surface area (Å²) < 4.78 is 6.52. The van der Waals surface area contributed by atoms with E-state index in [1.807, 2.05) is 0 Å². The Morgan fingerprint density at radius 1 is 1.21 bits per heavy atom. The van der Waals surface area contributed by atoms with Crippen molar-refractivity contribution in [2.75, 3.05) is 12.9 Å². The summed E-state index contributed by atoms with van der Waals surface area (Å²) in [5.74, 6) is 0.245. The fraction of sp³-hybridized carbons (Fsp3) is 0.529. The molecule has 134 valence electrons. The minimum absolute atomic E-state index is 0.0149. The summed E-state index contributed by atoms with van der Waals surface area (Å²) in [7, 11) is 1.54. The summed E-state index contributed by atoms with van der Waals surface area (Å²) in [5, 5.41) is 8.64. The lowest BCUT2D eigenvalue weighted by molar-refractivity contribution is -0.136. The van der Waals surface area contributed by atoms with Crippen LogP contribution in [-0.2, 0) is 4.79 Å². The van der Waals surface area contributed by atoms with Gasteiger partial charge in [0.05, 0.1) is 16.1 Å². The topological polar surface area (TPSA) is 63.6 Å². The molecule has 0 amide bonds. The minimum atomic E-state index is -0.935. The van der Waals surface area contributed by atoms with Crippen molar-refractivity contribution in [3.8, 4) is 5.75 Å². The zero-order chi connectivity index (χ0) is 18.1. The first-order chi connectivity index (χ1) is 11.4. The quantitative estimate of drug-likeness (QED) is 0.331. The van der Waals surface area contributed by atoms with Gasteiger partial charge in [0.1, 0.15) is 11.0 Å². The summed E-state index contributed by atoms with van der Waals surface area (Å²) >= 11 is 8.07. The average Bonchev–Trinajstić information content (AvgIpc) is 2.52. The van der Waals surface area contributed by atoms with Gasteiger partial charge in [0.15, 0.2) is 5.78 Å². The Kier molecular flexibility index (Phi) is 10.0. The molecule has 7 heteroatoms. The number of rotatable bonds is 11. The SMILES string of the molecule is CCCCCCSC(CC(=O)c1cc(Br)c(OC)c(Br)c1)C(=O)O. The van der Waals surface area contributed by atoms with Gasteiger partial charge in [-0.15, -0.1) is 11.8 Å². The largest absolute Gasteiger partial charge is 0.494 e. The van der Waals surface area contributed by atoms with Crippen molar-refractivity contribution in [2.24, 2.45) is 0 Å². The number of carbonyl (C=O) groups excluding carboxylic acids is 1. The number of methoxy groups -OCH3 is 1. The second-order valence-electron chi connectivity index (χ2n) is 5.36. The molecular formula is C17H22Br2O4S. The second kappa shape index (κ2) is 11.2. The highest BCUT2D eigenvalue weighted by Gasteiger charge is 2.23. The summed E-state index contributed by atoms with van der Waals surface area (Å²) in [6.45, 7) is 2.14. The molecule has 1 aromatic rings. The zero-order valence-corrected chi connectivity index (χ0v) is 17.8. The Hall–Kier alpha value is -0.530. The van der Waals surface area contributed by atoms with Crippen molar-refractivity contribution in [3.05, 3.63) is 26.6 Å². The van der Waals surface area contributed by atoms with Crippen LogP contribution in [0.1, 0.15) is 49.4 Å². The lowest BCUT2D eigenvalue weighted by Crippen LogP contribution is -2.21. The molecule has 0 heterocycles. The van der Waals surface area contributed by atoms with Gasteiger partial charge >= 0.3 is 5.97 Å². The number of carboxylic acid groups (broad SMARTS) is 1. The Labute approximate surface area is 164 Å². The van der Waals surface area contributed by atoms with Crippen LogP contribution in [0, 0.1) is 0 Å². The first-order valence-electron chi connectivity index (χ1n) is 7.81. The van der Waals surface area contributed by atoms with E-state index in [0.29, 0.717) is 20.3 Å². The molecule has 0 aliphatic rings. The van der Waals surface area contributed by atoms with E-state index < -0.39 is 11.2 Å². The summed E-state index contributed by atoms with van der Waals surface area (Å²) in [6.07, 6.45) is 4.37. The molecule has 4 nitrogen and oxygen atoms in total. The zero-order valence-electron chi connectivity index (χ0n) is 13.8. The lowest BCUT2D eigenvalue weighted by atomic mass is 10.1. The van der Waals surface area contributed by atoms with Crippen LogP contribution < -0.4 is 4.74 Å². The third kappa shape index (κ3) is 6.76. The molecule has 0 saturated heterocycles. The number of hydrogen-bond acceptors (Lipinski definition) is 4. The van der Waals surface area contributed by atoms with Gasteiger partial charge < -0.3 is 9.84 Å². The lowest BCUT2D eigenvalue weighted by Gasteiger charge is -2.13. The van der Waals surface area contributed by atoms with Crippen LogP contribution in [0.2, 0.25) is 0 Å². The number of aliphatic carboxylic acids is 1. The Balaban J connectivity index is 2.70. The van der Waals surface area contributed by atoms with E-state index in [1.165, 1.54) is 11.8 Å². The Morgan fingerprint density at radius 3 is 2.33 bits per heavy atom. The number of unbranched alkanes of at least 4 members (excludes halogenated alkanes) is 3. The molecule has 0 bridgehead atoms. The molecule has 1 rings (SSSR count). The molecule has 24 heavy (non-hydrogen) atoms. The molecule has 1 atom stereocenters. The standard InChI is InChI=1S/C17H22Br2O4S/c1-3-4-5-6-7-24-15(17(21)22)10-14(20)11-8-12(18)16(23-2)13(19)9-11/h8-9,15H,3-7,10H2,1-2H3,(H,21,22). The summed E-state index contributed by atoms with van der Waals surface area (Å²) in [4.78, 5) is 23.8. The van der Waals surface area contributed by atoms with E-state index >= 15 is 0 Å². The number of hydrogen-bond donors (Lipinski definition) is 1. The van der Waals surface area contributed by atoms with Crippen molar-refractivity contribution in [3.63, 3.8) is 0 Å². The van der Waals surface area contributed by atoms with E-state index in [2.05, 4.69) is 38.8 Å². The van der Waals surface area contributed by atoms with Crippen LogP contribution in [0.25, 0.3) is 0 Å². The second-order valence-corrected chi connectivity index (χ2v) is 8.38. The monoisotopic (exact) mass is 480 g/mol. The third-order valence-electron chi connectivity index (χ3n) is 3.49. The maximum atomic E-state index is 12.4. The normalized spacial score (nSPS) is 12.0. The van der Waals surface area contributed by atoms with Crippen LogP contribution in [0.15, 0.2) is 21.1 Å². The number of carboxylic acids is 1. The fourth-order valence-corrected chi connectivity index (χ4v) is 4.75. The highest BCUT2D eigenvalue weighted by atomic mass is 79.9. The van der Waals surface area contributed by atoms with Crippen LogP contribution in [-0.4, -0.2) is 35.0 Å². The van der Waals surface area contributed by atoms with Gasteiger partial charge in [0, 0.05) is 12.0 Å². The highest BCUT2D eigenvalue weighted by molar-refractivity contribution is 9.11. The molecule has 0 spiro atoms. The Morgan fingerprint density at radius 2 is 1.83 bits per heavy atom. The molecule has 0 aromatic heterocycles. The van der Waals surface area contributed by atoms with Crippen molar-refractivity contribution in [2.45, 2.75) is 44.3 Å². The van der Waals surface area contributed by atoms with Crippen LogP contribution >= 0.6 is 43.6 Å². The van der Waals surface area contributed by atoms with Crippen molar-refractivity contribution in [1.82, 2.24) is 0 Å². The average molecular weight is 482 g/mol. The number of ether oxygens (including phenoxy) is 1. The smallest absolute Gasteiger partial charge is 0.317 e. The fourth-order valence-electron chi connectivity index (χ4n) is 2.17. The van der Waals surface area contributed by atoms with E-state index in [-0.39, 0.29) is 12.2 Å². The number of ketones is 1. The predicted molar refractivity (Wildman–Crippen MR) is 105 cm³/mol. The molecule has 1 unspecified atom stereocenters. The third-order valence-corrected chi connectivity index (χ3v) is 5.96. The Bertz CT molecular complexity index is 555. The summed E-state index contributed by atoms with van der Waals surface area (Å²) in [6, 6.07) is 3.33. The number of carbonyl (C=O) groups is 2. The van der Waals surface area contributed by atoms with E-state index in [9.17, 15) is 14.7 Å². The van der Waals surface area contributed by atoms with Crippen LogP contribution in [0.3, 0.4) is 0 Å². The minimum Gasteiger partial charge on any atom is -0.494 e. The predicted octanol–water partition coefficient (Wildman–Crippen LogP) is 5.56. The van der Waals surface area contributed by atoms with Gasteiger partial charge in [-0.1, -0.05) is 26.2 Å². The first-order valence-corrected chi connectivity index (χ1v) is 10.4. The maximum Gasteiger partial charge on any atom is 0.317 e. The van der Waals surface area contributed by atoms with Crippen molar-refractivity contribution < 1.29 is 19.4 Å². The van der Waals surface area contributed by atoms with Gasteiger partial charge in [-0.05, 0) is 56.2 Å². The molecule has 1 N–H and O–H groups in total.